The first kappa shape index (κ1) is 18.1. The number of nitrogens with two attached hydrogens (primary N) is 1. The number of aryl methyl sites for hydroxylation is 1. The zero-order valence-electron chi connectivity index (χ0n) is 13.0. The third kappa shape index (κ3) is 5.37. The van der Waals surface area contributed by atoms with Crippen molar-refractivity contribution in [3.05, 3.63) is 29.3 Å². The van der Waals surface area contributed by atoms with Crippen LogP contribution in [0.25, 0.3) is 0 Å². The van der Waals surface area contributed by atoms with E-state index >= 15 is 0 Å². The maximum atomic E-state index is 12.4. The minimum Gasteiger partial charge on any atom is -0.389 e. The van der Waals surface area contributed by atoms with E-state index in [1.165, 1.54) is 0 Å². The van der Waals surface area contributed by atoms with Crippen molar-refractivity contribution in [1.29, 1.82) is 0 Å². The molecule has 6 heteroatoms. The highest BCUT2D eigenvalue weighted by molar-refractivity contribution is 7.89. The molecule has 0 fully saturated rings. The zero-order chi connectivity index (χ0) is 16.2. The van der Waals surface area contributed by atoms with Gasteiger partial charge >= 0.3 is 0 Å². The Morgan fingerprint density at radius 3 is 2.38 bits per heavy atom. The van der Waals surface area contributed by atoms with E-state index in [9.17, 15) is 8.42 Å². The van der Waals surface area contributed by atoms with E-state index in [0.29, 0.717) is 17.0 Å². The van der Waals surface area contributed by atoms with Crippen LogP contribution in [-0.2, 0) is 10.0 Å². The molecule has 1 atom stereocenters. The van der Waals surface area contributed by atoms with Gasteiger partial charge in [0.1, 0.15) is 4.99 Å². The lowest BCUT2D eigenvalue weighted by Gasteiger charge is -2.16. The summed E-state index contributed by atoms with van der Waals surface area (Å²) in [7, 11) is -3.51. The molecule has 0 amide bonds. The minimum absolute atomic E-state index is 0.0907. The van der Waals surface area contributed by atoms with Crippen molar-refractivity contribution in [3.63, 3.8) is 0 Å². The number of sulfonamides is 1. The van der Waals surface area contributed by atoms with Gasteiger partial charge in [0.2, 0.25) is 10.0 Å². The number of hydrogen-bond acceptors (Lipinski definition) is 3. The SMILES string of the molecule is Cc1cc(C(N)=S)ccc1S(=O)(=O)NC(C)CCC(C)C. The maximum absolute atomic E-state index is 12.4. The molecule has 0 aromatic heterocycles. The average molecular weight is 329 g/mol. The van der Waals surface area contributed by atoms with Gasteiger partial charge in [-0.05, 0) is 50.3 Å². The summed E-state index contributed by atoms with van der Waals surface area (Å²) in [5.41, 5.74) is 6.87. The molecule has 0 bridgehead atoms. The highest BCUT2D eigenvalue weighted by Crippen LogP contribution is 2.18. The highest BCUT2D eigenvalue weighted by Gasteiger charge is 2.20. The van der Waals surface area contributed by atoms with Gasteiger partial charge in [0.15, 0.2) is 0 Å². The van der Waals surface area contributed by atoms with E-state index in [1.54, 1.807) is 25.1 Å². The molecule has 0 saturated heterocycles. The summed E-state index contributed by atoms with van der Waals surface area (Å²) < 4.78 is 27.6. The summed E-state index contributed by atoms with van der Waals surface area (Å²) in [5.74, 6) is 0.559. The Morgan fingerprint density at radius 2 is 1.90 bits per heavy atom. The lowest BCUT2D eigenvalue weighted by Crippen LogP contribution is -2.33. The van der Waals surface area contributed by atoms with Gasteiger partial charge in [0, 0.05) is 11.6 Å². The number of rotatable bonds is 7. The van der Waals surface area contributed by atoms with E-state index in [-0.39, 0.29) is 15.9 Å². The zero-order valence-corrected chi connectivity index (χ0v) is 14.6. The second-order valence-electron chi connectivity index (χ2n) is 5.84. The van der Waals surface area contributed by atoms with E-state index < -0.39 is 10.0 Å². The van der Waals surface area contributed by atoms with Crippen LogP contribution in [-0.4, -0.2) is 19.4 Å². The predicted octanol–water partition coefficient (Wildman–Crippen LogP) is 2.73. The largest absolute Gasteiger partial charge is 0.389 e. The molecule has 21 heavy (non-hydrogen) atoms. The van der Waals surface area contributed by atoms with E-state index in [4.69, 9.17) is 18.0 Å². The molecule has 0 radical (unpaired) electrons. The predicted molar refractivity (Wildman–Crippen MR) is 90.9 cm³/mol. The second kappa shape index (κ2) is 7.33. The topological polar surface area (TPSA) is 72.2 Å². The number of hydrogen-bond donors (Lipinski definition) is 2. The van der Waals surface area contributed by atoms with Gasteiger partial charge in [-0.1, -0.05) is 32.1 Å². The van der Waals surface area contributed by atoms with Crippen LogP contribution in [0.4, 0.5) is 0 Å². The molecule has 1 aromatic rings. The van der Waals surface area contributed by atoms with Crippen molar-refractivity contribution in [2.45, 2.75) is 51.5 Å². The summed E-state index contributed by atoms with van der Waals surface area (Å²) in [5, 5.41) is 0. The molecule has 118 valence electrons. The normalized spacial score (nSPS) is 13.4. The summed E-state index contributed by atoms with van der Waals surface area (Å²) in [4.78, 5) is 0.541. The van der Waals surface area contributed by atoms with E-state index in [0.717, 1.165) is 12.8 Å². The first-order chi connectivity index (χ1) is 9.63. The monoisotopic (exact) mass is 328 g/mol. The van der Waals surface area contributed by atoms with Gasteiger partial charge in [0.25, 0.3) is 0 Å². The summed E-state index contributed by atoms with van der Waals surface area (Å²) >= 11 is 4.90. The Hall–Kier alpha value is -0.980. The Morgan fingerprint density at radius 1 is 1.29 bits per heavy atom. The van der Waals surface area contributed by atoms with Crippen LogP contribution < -0.4 is 10.5 Å². The fourth-order valence-electron chi connectivity index (χ4n) is 2.07. The van der Waals surface area contributed by atoms with Crippen LogP contribution in [0, 0.1) is 12.8 Å². The average Bonchev–Trinajstić information content (AvgIpc) is 2.35. The van der Waals surface area contributed by atoms with E-state index in [2.05, 4.69) is 18.6 Å². The molecule has 0 saturated carbocycles. The third-order valence-electron chi connectivity index (χ3n) is 3.28. The molecule has 0 aliphatic carbocycles. The van der Waals surface area contributed by atoms with Crippen molar-refractivity contribution in [2.75, 3.05) is 0 Å². The first-order valence-electron chi connectivity index (χ1n) is 7.06. The molecule has 1 rings (SSSR count). The summed E-state index contributed by atoms with van der Waals surface area (Å²) in [6.45, 7) is 7.88. The Kier molecular flexibility index (Phi) is 6.31. The van der Waals surface area contributed by atoms with Gasteiger partial charge < -0.3 is 5.73 Å². The van der Waals surface area contributed by atoms with Crippen LogP contribution in [0.1, 0.15) is 44.7 Å². The smallest absolute Gasteiger partial charge is 0.241 e. The Labute approximate surface area is 133 Å². The molecule has 0 spiro atoms. The molecule has 4 nitrogen and oxygen atoms in total. The van der Waals surface area contributed by atoms with Crippen LogP contribution in [0.3, 0.4) is 0 Å². The highest BCUT2D eigenvalue weighted by atomic mass is 32.2. The van der Waals surface area contributed by atoms with E-state index in [1.807, 2.05) is 6.92 Å². The van der Waals surface area contributed by atoms with Crippen LogP contribution in [0.2, 0.25) is 0 Å². The van der Waals surface area contributed by atoms with Crippen LogP contribution in [0.5, 0.6) is 0 Å². The standard InChI is InChI=1S/C15H24N2O2S2/c1-10(2)5-6-12(4)17-21(18,19)14-8-7-13(15(16)20)9-11(14)3/h7-10,12,17H,5-6H2,1-4H3,(H2,16,20). The number of nitrogens with one attached hydrogen (secondary N) is 1. The fourth-order valence-corrected chi connectivity index (χ4v) is 3.71. The molecule has 0 aliphatic heterocycles. The molecule has 1 aromatic carbocycles. The lowest BCUT2D eigenvalue weighted by atomic mass is 10.1. The number of thiocarbonyl (C=S) groups is 1. The van der Waals surface area contributed by atoms with Crippen molar-refractivity contribution in [1.82, 2.24) is 4.72 Å². The number of benzene rings is 1. The van der Waals surface area contributed by atoms with Crippen molar-refractivity contribution < 1.29 is 8.42 Å². The second-order valence-corrected chi connectivity index (χ2v) is 7.96. The molecule has 0 aliphatic rings. The molecule has 0 heterocycles. The maximum Gasteiger partial charge on any atom is 0.241 e. The lowest BCUT2D eigenvalue weighted by molar-refractivity contribution is 0.485. The summed E-state index contributed by atoms with van der Waals surface area (Å²) in [6, 6.07) is 4.81. The quantitative estimate of drug-likeness (QED) is 0.755. The molecular weight excluding hydrogens is 304 g/mol. The van der Waals surface area contributed by atoms with Crippen molar-refractivity contribution in [2.24, 2.45) is 11.7 Å². The van der Waals surface area contributed by atoms with Gasteiger partial charge in [-0.25, -0.2) is 13.1 Å². The van der Waals surface area contributed by atoms with Gasteiger partial charge in [0.05, 0.1) is 4.90 Å². The van der Waals surface area contributed by atoms with Crippen LogP contribution >= 0.6 is 12.2 Å². The van der Waals surface area contributed by atoms with Gasteiger partial charge in [-0.15, -0.1) is 0 Å². The molecule has 3 N–H and O–H groups in total. The van der Waals surface area contributed by atoms with Crippen molar-refractivity contribution >= 4 is 27.2 Å². The van der Waals surface area contributed by atoms with Crippen molar-refractivity contribution in [3.8, 4) is 0 Å². The molecular formula is C15H24N2O2S2. The summed E-state index contributed by atoms with van der Waals surface area (Å²) in [6.07, 6.45) is 1.81. The molecule has 1 unspecified atom stereocenters. The Balaban J connectivity index is 2.90. The van der Waals surface area contributed by atoms with Crippen LogP contribution in [0.15, 0.2) is 23.1 Å². The minimum atomic E-state index is -3.51. The Bertz CT molecular complexity index is 610. The first-order valence-corrected chi connectivity index (χ1v) is 8.95. The van der Waals surface area contributed by atoms with Gasteiger partial charge in [-0.2, -0.15) is 0 Å². The third-order valence-corrected chi connectivity index (χ3v) is 5.27. The fraction of sp³-hybridized carbons (Fsp3) is 0.533. The van der Waals surface area contributed by atoms with Gasteiger partial charge in [-0.3, -0.25) is 0 Å².